The highest BCUT2D eigenvalue weighted by atomic mass is 32.1. The van der Waals surface area contributed by atoms with E-state index in [1.165, 1.54) is 16.2 Å². The van der Waals surface area contributed by atoms with Crippen LogP contribution in [0, 0.1) is 12.3 Å². The Kier molecular flexibility index (Phi) is 16.6. The molecule has 4 aromatic carbocycles. The molecule has 15 heteroatoms. The number of aromatic hydroxyl groups is 2. The third kappa shape index (κ3) is 12.6. The fourth-order valence-electron chi connectivity index (χ4n) is 8.74. The Morgan fingerprint density at radius 1 is 0.870 bits per heavy atom. The molecule has 1 fully saturated rings. The molecule has 0 radical (unpaired) electrons. The number of fused-ring (bicyclic) bond motifs is 1. The summed E-state index contributed by atoms with van der Waals surface area (Å²) >= 11 is 3.00. The van der Waals surface area contributed by atoms with Crippen LogP contribution >= 0.6 is 22.7 Å². The van der Waals surface area contributed by atoms with Gasteiger partial charge in [0.2, 0.25) is 17.7 Å². The summed E-state index contributed by atoms with van der Waals surface area (Å²) in [5, 5.41) is 37.4. The highest BCUT2D eigenvalue weighted by Crippen LogP contribution is 2.42. The van der Waals surface area contributed by atoms with Crippen LogP contribution in [0.1, 0.15) is 99.9 Å². The highest BCUT2D eigenvalue weighted by molar-refractivity contribution is 7.22. The van der Waals surface area contributed by atoms with Crippen molar-refractivity contribution in [2.75, 3.05) is 32.8 Å². The zero-order valence-corrected chi connectivity index (χ0v) is 41.8. The number of carbonyl (C=O) groups is 4. The Morgan fingerprint density at radius 2 is 1.55 bits per heavy atom. The monoisotopic (exact) mass is 973 g/mol. The minimum atomic E-state index is -0.889. The first-order chi connectivity index (χ1) is 33.0. The number of hydrogen-bond acceptors (Lipinski definition) is 12. The van der Waals surface area contributed by atoms with Crippen LogP contribution in [0.3, 0.4) is 0 Å². The molecule has 4 atom stereocenters. The number of ether oxygens (including phenoxy) is 1. The minimum absolute atomic E-state index is 0.00897. The second-order valence-electron chi connectivity index (χ2n) is 18.9. The third-order valence-corrected chi connectivity index (χ3v) is 14.9. The lowest BCUT2D eigenvalue weighted by Crippen LogP contribution is -2.57. The van der Waals surface area contributed by atoms with Crippen LogP contribution in [0.15, 0.2) is 96.5 Å². The van der Waals surface area contributed by atoms with Crippen molar-refractivity contribution in [3.8, 4) is 38.1 Å². The molecule has 2 aromatic heterocycles. The fourth-order valence-corrected chi connectivity index (χ4v) is 10.8. The van der Waals surface area contributed by atoms with Crippen molar-refractivity contribution in [3.05, 3.63) is 119 Å². The van der Waals surface area contributed by atoms with E-state index in [0.717, 1.165) is 68.2 Å². The molecule has 0 unspecified atom stereocenters. The van der Waals surface area contributed by atoms with Crippen molar-refractivity contribution in [2.45, 2.75) is 97.9 Å². The van der Waals surface area contributed by atoms with E-state index in [2.05, 4.69) is 27.4 Å². The van der Waals surface area contributed by atoms with E-state index in [9.17, 15) is 34.5 Å². The lowest BCUT2D eigenvalue weighted by molar-refractivity contribution is -0.144. The van der Waals surface area contributed by atoms with E-state index in [1.54, 1.807) is 78.1 Å². The number of nitrogens with zero attached hydrogens (tertiary/aromatic N) is 3. The summed E-state index contributed by atoms with van der Waals surface area (Å²) in [5.74, 6) is -0.210. The second-order valence-corrected chi connectivity index (χ2v) is 20.8. The Balaban J connectivity index is 0.849. The number of aromatic nitrogens is 1. The topological polar surface area (TPSA) is 182 Å². The summed E-state index contributed by atoms with van der Waals surface area (Å²) in [6.45, 7) is 14.4. The van der Waals surface area contributed by atoms with Gasteiger partial charge in [-0.05, 0) is 129 Å². The number of benzene rings is 4. The zero-order valence-electron chi connectivity index (χ0n) is 40.2. The summed E-state index contributed by atoms with van der Waals surface area (Å²) in [7, 11) is 0. The summed E-state index contributed by atoms with van der Waals surface area (Å²) in [6.07, 6.45) is 1.84. The average Bonchev–Trinajstić information content (AvgIpc) is 4.05. The van der Waals surface area contributed by atoms with Crippen LogP contribution in [0.2, 0.25) is 0 Å². The molecule has 69 heavy (non-hydrogen) atoms. The number of β-amino-alcohol motifs (C(OH)–C–C–N with tert-alkyl or cyclic N) is 1. The molecule has 3 amide bonds. The largest absolute Gasteiger partial charge is 0.508 e. The zero-order chi connectivity index (χ0) is 49.4. The number of thiazole rings is 1. The van der Waals surface area contributed by atoms with Crippen molar-refractivity contribution in [3.63, 3.8) is 0 Å². The number of carbonyl (C=O) groups excluding carboxylic acids is 4. The lowest BCUT2D eigenvalue weighted by atomic mass is 9.85. The maximum absolute atomic E-state index is 14.2. The number of ketones is 1. The van der Waals surface area contributed by atoms with Crippen LogP contribution in [-0.2, 0) is 14.4 Å². The van der Waals surface area contributed by atoms with E-state index in [-0.39, 0.29) is 60.4 Å². The number of rotatable bonds is 20. The summed E-state index contributed by atoms with van der Waals surface area (Å²) in [5.41, 5.74) is 5.94. The van der Waals surface area contributed by atoms with Gasteiger partial charge in [0.05, 0.1) is 28.2 Å². The molecule has 1 saturated heterocycles. The van der Waals surface area contributed by atoms with Gasteiger partial charge < -0.3 is 40.5 Å². The van der Waals surface area contributed by atoms with E-state index < -0.39 is 23.6 Å². The lowest BCUT2D eigenvalue weighted by Gasteiger charge is -2.35. The number of aryl methyl sites for hydroxylation is 1. The maximum atomic E-state index is 14.2. The van der Waals surface area contributed by atoms with Crippen LogP contribution in [-0.4, -0.2) is 105 Å². The minimum Gasteiger partial charge on any atom is -0.508 e. The molecular formula is C54H63N5O8S2. The predicted octanol–water partition coefficient (Wildman–Crippen LogP) is 9.27. The van der Waals surface area contributed by atoms with Crippen LogP contribution in [0.25, 0.3) is 31.0 Å². The molecule has 13 nitrogen and oxygen atoms in total. The first-order valence-corrected chi connectivity index (χ1v) is 25.3. The SMILES string of the molecule is CCN(CCCCCC(=O)N[C@H](C(=O)N1C[C@@H](O)C[C@H]1C(=O)N[C@@H](C)c1ccc(-c2scnc2C)cc1)C(C)(C)C)CCOc1ccc(C(=O)c2c(-c3ccc(O)cc3)sc3cc(O)ccc23)cc1. The van der Waals surface area contributed by atoms with Gasteiger partial charge in [0, 0.05) is 52.0 Å². The van der Waals surface area contributed by atoms with Gasteiger partial charge in [0.25, 0.3) is 0 Å². The van der Waals surface area contributed by atoms with E-state index in [0.29, 0.717) is 36.4 Å². The van der Waals surface area contributed by atoms with Crippen molar-refractivity contribution in [1.82, 2.24) is 25.4 Å². The smallest absolute Gasteiger partial charge is 0.246 e. The molecule has 5 N–H and O–H groups in total. The summed E-state index contributed by atoms with van der Waals surface area (Å²) < 4.78 is 6.87. The number of hydrogen-bond donors (Lipinski definition) is 5. The number of amides is 3. The number of aliphatic hydroxyl groups excluding tert-OH is 1. The molecule has 7 rings (SSSR count). The van der Waals surface area contributed by atoms with Crippen LogP contribution in [0.4, 0.5) is 0 Å². The van der Waals surface area contributed by atoms with Crippen molar-refractivity contribution >= 4 is 56.3 Å². The van der Waals surface area contributed by atoms with Gasteiger partial charge in [-0.1, -0.05) is 58.4 Å². The number of phenolic OH excluding ortho intramolecular Hbond substituents is 2. The number of likely N-dealkylation sites (tertiary alicyclic amines) is 1. The molecule has 0 bridgehead atoms. The highest BCUT2D eigenvalue weighted by Gasteiger charge is 2.44. The molecule has 6 aromatic rings. The van der Waals surface area contributed by atoms with E-state index >= 15 is 0 Å². The number of aliphatic hydroxyl groups is 1. The van der Waals surface area contributed by atoms with Gasteiger partial charge in [0.1, 0.15) is 35.9 Å². The first-order valence-electron chi connectivity index (χ1n) is 23.6. The molecule has 1 aliphatic rings. The molecule has 1 aliphatic heterocycles. The second kappa shape index (κ2) is 22.5. The van der Waals surface area contributed by atoms with E-state index in [4.69, 9.17) is 4.74 Å². The maximum Gasteiger partial charge on any atom is 0.246 e. The van der Waals surface area contributed by atoms with Crippen LogP contribution < -0.4 is 15.4 Å². The van der Waals surface area contributed by atoms with Crippen molar-refractivity contribution in [2.24, 2.45) is 5.41 Å². The fraction of sp³-hybridized carbons (Fsp3) is 0.389. The molecule has 364 valence electrons. The van der Waals surface area contributed by atoms with Gasteiger partial charge >= 0.3 is 0 Å². The Hall–Kier alpha value is -6.13. The molecule has 0 aliphatic carbocycles. The average molecular weight is 974 g/mol. The third-order valence-electron chi connectivity index (χ3n) is 12.7. The summed E-state index contributed by atoms with van der Waals surface area (Å²) in [4.78, 5) is 65.1. The number of unbranched alkanes of at least 4 members (excludes halogenated alkanes) is 2. The predicted molar refractivity (Wildman–Crippen MR) is 273 cm³/mol. The molecule has 0 spiro atoms. The van der Waals surface area contributed by atoms with Gasteiger partial charge in [-0.2, -0.15) is 0 Å². The standard InChI is InChI=1S/C54H63N5O8S2/c1-7-58(27-28-67-42-23-18-36(19-24-42)48(64)47-43-25-22-40(61)30-45(43)69-50(47)38-16-20-39(60)21-17-38)26-10-8-9-11-46(63)57-51(54(4,5)6)53(66)59-31-41(62)29-44(59)52(65)56-33(2)35-12-14-37(15-13-35)49-34(3)55-32-68-49/h12-25,30,32-33,41,44,51,60-62H,7-11,26-29,31H2,1-6H3,(H,56,65)(H,57,63)/t33-,41-,44-,51+/m0/s1. The Morgan fingerprint density at radius 3 is 2.22 bits per heavy atom. The molecule has 0 saturated carbocycles. The molecule has 3 heterocycles. The normalized spacial score (nSPS) is 15.9. The first kappa shape index (κ1) is 50.7. The van der Waals surface area contributed by atoms with Gasteiger partial charge in [-0.3, -0.25) is 19.2 Å². The van der Waals surface area contributed by atoms with Crippen LogP contribution in [0.5, 0.6) is 17.2 Å². The van der Waals surface area contributed by atoms with Gasteiger partial charge in [0.15, 0.2) is 5.78 Å². The van der Waals surface area contributed by atoms with Crippen molar-refractivity contribution in [1.29, 1.82) is 0 Å². The number of thiophene rings is 1. The summed E-state index contributed by atoms with van der Waals surface area (Å²) in [6, 6.07) is 24.7. The number of likely N-dealkylation sites (N-methyl/N-ethyl adjacent to an activating group) is 1. The van der Waals surface area contributed by atoms with E-state index in [1.807, 2.05) is 64.4 Å². The van der Waals surface area contributed by atoms with Gasteiger partial charge in [-0.15, -0.1) is 22.7 Å². The Bertz CT molecular complexity index is 2730. The quantitative estimate of drug-likeness (QED) is 0.0366. The number of nitrogens with one attached hydrogen (secondary N) is 2. The number of phenols is 2. The molecular weight excluding hydrogens is 911 g/mol. The Labute approximate surface area is 412 Å². The van der Waals surface area contributed by atoms with Gasteiger partial charge in [-0.25, -0.2) is 4.98 Å². The van der Waals surface area contributed by atoms with Crippen molar-refractivity contribution < 1.29 is 39.2 Å².